The Hall–Kier alpha value is -2.94. The Bertz CT molecular complexity index is 789. The minimum atomic E-state index is 0.319. The summed E-state index contributed by atoms with van der Waals surface area (Å²) in [7, 11) is 0. The lowest BCUT2D eigenvalue weighted by atomic mass is 10.1. The van der Waals surface area contributed by atoms with E-state index < -0.39 is 0 Å². The van der Waals surface area contributed by atoms with E-state index in [1.54, 1.807) is 17.1 Å². The first-order valence-corrected chi connectivity index (χ1v) is 6.17. The third-order valence-corrected chi connectivity index (χ3v) is 2.88. The van der Waals surface area contributed by atoms with Gasteiger partial charge in [0.05, 0.1) is 30.2 Å². The topological polar surface area (TPSA) is 76.6 Å². The fourth-order valence-corrected chi connectivity index (χ4v) is 2.08. The Kier molecular flexibility index (Phi) is 3.01. The third-order valence-electron chi connectivity index (χ3n) is 2.88. The number of para-hydroxylation sites is 1. The van der Waals surface area contributed by atoms with E-state index in [0.29, 0.717) is 23.7 Å². The maximum Gasteiger partial charge on any atom is 0.234 e. The zero-order chi connectivity index (χ0) is 13.9. The van der Waals surface area contributed by atoms with Crippen molar-refractivity contribution in [3.63, 3.8) is 0 Å². The third kappa shape index (κ3) is 1.86. The molecule has 0 fully saturated rings. The number of rotatable bonds is 3. The van der Waals surface area contributed by atoms with Gasteiger partial charge in [0.25, 0.3) is 0 Å². The van der Waals surface area contributed by atoms with E-state index >= 15 is 0 Å². The van der Waals surface area contributed by atoms with Crippen LogP contribution in [0.15, 0.2) is 36.7 Å². The average Bonchev–Trinajstić information content (AvgIpc) is 3.00. The van der Waals surface area contributed by atoms with Crippen molar-refractivity contribution in [1.82, 2.24) is 20.0 Å². The zero-order valence-corrected chi connectivity index (χ0v) is 10.8. The van der Waals surface area contributed by atoms with Crippen molar-refractivity contribution < 1.29 is 4.74 Å². The molecule has 0 spiro atoms. The summed E-state index contributed by atoms with van der Waals surface area (Å²) in [5.74, 6) is 0.319. The van der Waals surface area contributed by atoms with Crippen molar-refractivity contribution >= 4 is 10.9 Å². The van der Waals surface area contributed by atoms with Gasteiger partial charge in [0.2, 0.25) is 5.88 Å². The number of aromatic nitrogens is 4. The van der Waals surface area contributed by atoms with Gasteiger partial charge in [-0.1, -0.05) is 23.4 Å². The Morgan fingerprint density at radius 2 is 2.20 bits per heavy atom. The number of ether oxygens (including phenoxy) is 1. The summed E-state index contributed by atoms with van der Waals surface area (Å²) in [6.45, 7) is 2.30. The second-order valence-corrected chi connectivity index (χ2v) is 4.05. The van der Waals surface area contributed by atoms with Crippen molar-refractivity contribution in [2.24, 2.45) is 0 Å². The maximum absolute atomic E-state index is 9.45. The van der Waals surface area contributed by atoms with E-state index in [0.717, 1.165) is 10.9 Å². The molecule has 6 heteroatoms. The fourth-order valence-electron chi connectivity index (χ4n) is 2.08. The molecule has 0 aliphatic carbocycles. The SMILES string of the molecule is CCOc1nc2ccccc2c(-n2ccnn2)c1C#N. The van der Waals surface area contributed by atoms with Gasteiger partial charge in [-0.25, -0.2) is 9.67 Å². The molecular weight excluding hydrogens is 254 g/mol. The van der Waals surface area contributed by atoms with Gasteiger partial charge in [-0.05, 0) is 13.0 Å². The first-order chi connectivity index (χ1) is 9.85. The van der Waals surface area contributed by atoms with E-state index in [9.17, 15) is 5.26 Å². The first kappa shape index (κ1) is 12.1. The number of hydrogen-bond acceptors (Lipinski definition) is 5. The lowest BCUT2D eigenvalue weighted by Crippen LogP contribution is -2.05. The van der Waals surface area contributed by atoms with Gasteiger partial charge in [-0.2, -0.15) is 5.26 Å². The molecule has 0 unspecified atom stereocenters. The summed E-state index contributed by atoms with van der Waals surface area (Å²) in [5, 5.41) is 18.1. The van der Waals surface area contributed by atoms with E-state index in [4.69, 9.17) is 4.74 Å². The van der Waals surface area contributed by atoms with Crippen molar-refractivity contribution in [3.05, 3.63) is 42.2 Å². The van der Waals surface area contributed by atoms with Gasteiger partial charge >= 0.3 is 0 Å². The molecule has 0 N–H and O–H groups in total. The highest BCUT2D eigenvalue weighted by molar-refractivity contribution is 5.90. The van der Waals surface area contributed by atoms with Gasteiger partial charge < -0.3 is 4.74 Å². The predicted molar refractivity (Wildman–Crippen MR) is 72.5 cm³/mol. The van der Waals surface area contributed by atoms with Crippen LogP contribution in [0.5, 0.6) is 5.88 Å². The second-order valence-electron chi connectivity index (χ2n) is 4.05. The maximum atomic E-state index is 9.45. The molecule has 2 heterocycles. The molecule has 6 nitrogen and oxygen atoms in total. The van der Waals surface area contributed by atoms with Crippen LogP contribution >= 0.6 is 0 Å². The van der Waals surface area contributed by atoms with E-state index in [2.05, 4.69) is 21.4 Å². The molecule has 0 aliphatic heterocycles. The van der Waals surface area contributed by atoms with Crippen LogP contribution in [0.25, 0.3) is 16.6 Å². The molecule has 0 bridgehead atoms. The monoisotopic (exact) mass is 265 g/mol. The summed E-state index contributed by atoms with van der Waals surface area (Å²) in [6.07, 6.45) is 3.26. The van der Waals surface area contributed by atoms with Gasteiger partial charge in [0.1, 0.15) is 11.6 Å². The smallest absolute Gasteiger partial charge is 0.234 e. The number of fused-ring (bicyclic) bond motifs is 1. The molecule has 3 rings (SSSR count). The van der Waals surface area contributed by atoms with Crippen molar-refractivity contribution in [2.75, 3.05) is 6.61 Å². The molecule has 20 heavy (non-hydrogen) atoms. The quantitative estimate of drug-likeness (QED) is 0.724. The van der Waals surface area contributed by atoms with Crippen LogP contribution in [0.3, 0.4) is 0 Å². The molecule has 0 atom stereocenters. The highest BCUT2D eigenvalue weighted by atomic mass is 16.5. The highest BCUT2D eigenvalue weighted by Gasteiger charge is 2.17. The number of pyridine rings is 1. The first-order valence-electron chi connectivity index (χ1n) is 6.17. The molecule has 0 radical (unpaired) electrons. The second kappa shape index (κ2) is 4.97. The van der Waals surface area contributed by atoms with Gasteiger partial charge in [-0.3, -0.25) is 0 Å². The normalized spacial score (nSPS) is 10.4. The largest absolute Gasteiger partial charge is 0.477 e. The summed E-state index contributed by atoms with van der Waals surface area (Å²) in [5.41, 5.74) is 1.75. The molecule has 0 saturated heterocycles. The Labute approximate surface area is 115 Å². The van der Waals surface area contributed by atoms with Crippen LogP contribution in [0, 0.1) is 11.3 Å². The highest BCUT2D eigenvalue weighted by Crippen LogP contribution is 2.30. The van der Waals surface area contributed by atoms with Crippen molar-refractivity contribution in [2.45, 2.75) is 6.92 Å². The Morgan fingerprint density at radius 1 is 1.35 bits per heavy atom. The Morgan fingerprint density at radius 3 is 2.90 bits per heavy atom. The number of nitrogens with zero attached hydrogens (tertiary/aromatic N) is 5. The van der Waals surface area contributed by atoms with Crippen LogP contribution in [0.2, 0.25) is 0 Å². The molecule has 1 aromatic carbocycles. The summed E-state index contributed by atoms with van der Waals surface area (Å²) in [4.78, 5) is 4.40. The van der Waals surface area contributed by atoms with Crippen LogP contribution in [-0.2, 0) is 0 Å². The predicted octanol–water partition coefficient (Wildman–Crippen LogP) is 2.09. The van der Waals surface area contributed by atoms with Crippen molar-refractivity contribution in [3.8, 4) is 17.6 Å². The summed E-state index contributed by atoms with van der Waals surface area (Å²) < 4.78 is 7.04. The molecule has 0 aliphatic rings. The minimum Gasteiger partial charge on any atom is -0.477 e. The van der Waals surface area contributed by atoms with E-state index in [1.165, 1.54) is 0 Å². The standard InChI is InChI=1S/C14H11N5O/c1-2-20-14-11(9-15)13(19-8-7-16-18-19)10-5-3-4-6-12(10)17-14/h3-8H,2H2,1H3. The number of nitriles is 1. The Balaban J connectivity index is 2.42. The van der Waals surface area contributed by atoms with Gasteiger partial charge in [0.15, 0.2) is 0 Å². The number of hydrogen-bond donors (Lipinski definition) is 0. The van der Waals surface area contributed by atoms with Crippen molar-refractivity contribution in [1.29, 1.82) is 5.26 Å². The fraction of sp³-hybridized carbons (Fsp3) is 0.143. The molecule has 0 amide bonds. The van der Waals surface area contributed by atoms with Crippen LogP contribution in [0.1, 0.15) is 12.5 Å². The molecule has 2 aromatic heterocycles. The lowest BCUT2D eigenvalue weighted by Gasteiger charge is -2.12. The summed E-state index contributed by atoms with van der Waals surface area (Å²) in [6, 6.07) is 9.71. The van der Waals surface area contributed by atoms with Gasteiger partial charge in [0, 0.05) is 5.39 Å². The number of benzene rings is 1. The molecule has 0 saturated carbocycles. The average molecular weight is 265 g/mol. The minimum absolute atomic E-state index is 0.319. The lowest BCUT2D eigenvalue weighted by molar-refractivity contribution is 0.327. The van der Waals surface area contributed by atoms with Crippen LogP contribution in [-0.4, -0.2) is 26.6 Å². The van der Waals surface area contributed by atoms with E-state index in [1.807, 2.05) is 31.2 Å². The molecule has 3 aromatic rings. The van der Waals surface area contributed by atoms with E-state index in [-0.39, 0.29) is 0 Å². The molecule has 98 valence electrons. The van der Waals surface area contributed by atoms with Crippen LogP contribution in [0.4, 0.5) is 0 Å². The van der Waals surface area contributed by atoms with Crippen LogP contribution < -0.4 is 4.74 Å². The zero-order valence-electron chi connectivity index (χ0n) is 10.8. The summed E-state index contributed by atoms with van der Waals surface area (Å²) >= 11 is 0. The van der Waals surface area contributed by atoms with Gasteiger partial charge in [-0.15, -0.1) is 5.10 Å². The molecular formula is C14H11N5O.